The summed E-state index contributed by atoms with van der Waals surface area (Å²) in [5.74, 6) is 0.607. The minimum absolute atomic E-state index is 0.00477. The molecule has 4 heteroatoms. The number of amides is 2. The maximum absolute atomic E-state index is 12.6. The molecule has 1 aliphatic heterocycles. The third-order valence-electron chi connectivity index (χ3n) is 5.27. The van der Waals surface area contributed by atoms with E-state index in [4.69, 9.17) is 0 Å². The van der Waals surface area contributed by atoms with Crippen molar-refractivity contribution in [3.05, 3.63) is 0 Å². The van der Waals surface area contributed by atoms with E-state index < -0.39 is 0 Å². The summed E-state index contributed by atoms with van der Waals surface area (Å²) >= 11 is 0. The van der Waals surface area contributed by atoms with Gasteiger partial charge in [0.2, 0.25) is 11.8 Å². The van der Waals surface area contributed by atoms with Crippen molar-refractivity contribution >= 4 is 11.8 Å². The van der Waals surface area contributed by atoms with E-state index in [2.05, 4.69) is 12.2 Å². The predicted molar refractivity (Wildman–Crippen MR) is 83.8 cm³/mol. The molecule has 1 N–H and O–H groups in total. The number of nitrogens with one attached hydrogen (secondary N) is 1. The van der Waals surface area contributed by atoms with Crippen molar-refractivity contribution < 1.29 is 9.59 Å². The van der Waals surface area contributed by atoms with Crippen LogP contribution < -0.4 is 5.32 Å². The van der Waals surface area contributed by atoms with Gasteiger partial charge in [0.1, 0.15) is 0 Å². The van der Waals surface area contributed by atoms with Crippen LogP contribution in [0.25, 0.3) is 0 Å². The molecule has 1 saturated heterocycles. The van der Waals surface area contributed by atoms with Crippen LogP contribution in [0, 0.1) is 5.92 Å². The zero-order valence-electron chi connectivity index (χ0n) is 13.7. The van der Waals surface area contributed by atoms with Crippen molar-refractivity contribution in [2.24, 2.45) is 5.92 Å². The van der Waals surface area contributed by atoms with Crippen LogP contribution in [0.5, 0.6) is 0 Å². The minimum atomic E-state index is -0.288. The molecule has 0 aromatic carbocycles. The topological polar surface area (TPSA) is 49.4 Å². The van der Waals surface area contributed by atoms with Crippen molar-refractivity contribution in [3.8, 4) is 0 Å². The van der Waals surface area contributed by atoms with Crippen LogP contribution in [0.3, 0.4) is 0 Å². The molecular formula is C17H30N2O2. The summed E-state index contributed by atoms with van der Waals surface area (Å²) in [5.41, 5.74) is 0. The van der Waals surface area contributed by atoms with Crippen LogP contribution in [-0.4, -0.2) is 34.8 Å². The second kappa shape index (κ2) is 7.39. The van der Waals surface area contributed by atoms with Crippen molar-refractivity contribution in [2.45, 2.75) is 90.3 Å². The Morgan fingerprint density at radius 2 is 1.81 bits per heavy atom. The average Bonchev–Trinajstić information content (AvgIpc) is 2.63. The Morgan fingerprint density at radius 1 is 1.14 bits per heavy atom. The first-order valence-corrected chi connectivity index (χ1v) is 8.70. The van der Waals surface area contributed by atoms with E-state index in [-0.39, 0.29) is 23.9 Å². The lowest BCUT2D eigenvalue weighted by molar-refractivity contribution is -0.141. The molecule has 0 radical (unpaired) electrons. The molecule has 1 heterocycles. The molecular weight excluding hydrogens is 264 g/mol. The van der Waals surface area contributed by atoms with Crippen LogP contribution in [0.2, 0.25) is 0 Å². The van der Waals surface area contributed by atoms with Gasteiger partial charge in [0, 0.05) is 12.1 Å². The standard InChI is InChI=1S/C17H30N2O2/c1-4-13(5-2)19-16(20)11-15(17(19)21)18-14-10-8-6-7-9-12(14)3/h12-15,18H,4-11H2,1-3H3. The maximum atomic E-state index is 12.6. The first-order chi connectivity index (χ1) is 10.1. The summed E-state index contributed by atoms with van der Waals surface area (Å²) < 4.78 is 0. The third kappa shape index (κ3) is 3.65. The van der Waals surface area contributed by atoms with E-state index in [0.29, 0.717) is 18.4 Å². The van der Waals surface area contributed by atoms with Gasteiger partial charge in [-0.2, -0.15) is 0 Å². The highest BCUT2D eigenvalue weighted by atomic mass is 16.2. The fourth-order valence-electron chi connectivity index (χ4n) is 3.82. The minimum Gasteiger partial charge on any atom is -0.302 e. The highest BCUT2D eigenvalue weighted by Crippen LogP contribution is 2.26. The first kappa shape index (κ1) is 16.5. The predicted octanol–water partition coefficient (Wildman–Crippen LogP) is 2.86. The van der Waals surface area contributed by atoms with E-state index in [0.717, 1.165) is 19.3 Å². The van der Waals surface area contributed by atoms with Crippen molar-refractivity contribution in [2.75, 3.05) is 0 Å². The smallest absolute Gasteiger partial charge is 0.247 e. The zero-order valence-corrected chi connectivity index (χ0v) is 13.7. The molecule has 2 aliphatic rings. The summed E-state index contributed by atoms with van der Waals surface area (Å²) in [6.07, 6.45) is 8.20. The van der Waals surface area contributed by atoms with Gasteiger partial charge in [-0.15, -0.1) is 0 Å². The van der Waals surface area contributed by atoms with Gasteiger partial charge in [0.15, 0.2) is 0 Å². The Bertz CT molecular complexity index is 379. The quantitative estimate of drug-likeness (QED) is 0.626. The molecule has 3 atom stereocenters. The molecule has 0 aromatic heterocycles. The largest absolute Gasteiger partial charge is 0.302 e. The Labute approximate surface area is 128 Å². The number of likely N-dealkylation sites (tertiary alicyclic amines) is 1. The van der Waals surface area contributed by atoms with E-state index in [1.54, 1.807) is 0 Å². The molecule has 3 unspecified atom stereocenters. The van der Waals surface area contributed by atoms with E-state index >= 15 is 0 Å². The SMILES string of the molecule is CCC(CC)N1C(=O)CC(NC2CCCCCC2C)C1=O. The fourth-order valence-corrected chi connectivity index (χ4v) is 3.82. The second-order valence-corrected chi connectivity index (χ2v) is 6.72. The Hall–Kier alpha value is -0.900. The number of hydrogen-bond acceptors (Lipinski definition) is 3. The maximum Gasteiger partial charge on any atom is 0.247 e. The van der Waals surface area contributed by atoms with Gasteiger partial charge in [0.25, 0.3) is 0 Å². The van der Waals surface area contributed by atoms with E-state index in [1.165, 1.54) is 30.6 Å². The molecule has 2 fully saturated rings. The van der Waals surface area contributed by atoms with Crippen molar-refractivity contribution in [3.63, 3.8) is 0 Å². The van der Waals surface area contributed by atoms with Gasteiger partial charge in [-0.1, -0.05) is 40.0 Å². The molecule has 2 amide bonds. The van der Waals surface area contributed by atoms with Gasteiger partial charge in [-0.25, -0.2) is 0 Å². The molecule has 0 bridgehead atoms. The Balaban J connectivity index is 2.01. The summed E-state index contributed by atoms with van der Waals surface area (Å²) in [5, 5.41) is 3.51. The molecule has 0 spiro atoms. The van der Waals surface area contributed by atoms with E-state index in [9.17, 15) is 9.59 Å². The summed E-state index contributed by atoms with van der Waals surface area (Å²) in [6.45, 7) is 6.36. The molecule has 2 rings (SSSR count). The molecule has 0 aromatic rings. The number of rotatable bonds is 5. The van der Waals surface area contributed by atoms with E-state index in [1.807, 2.05) is 13.8 Å². The lowest BCUT2D eigenvalue weighted by atomic mass is 9.96. The van der Waals surface area contributed by atoms with Gasteiger partial charge >= 0.3 is 0 Å². The zero-order chi connectivity index (χ0) is 15.4. The first-order valence-electron chi connectivity index (χ1n) is 8.70. The van der Waals surface area contributed by atoms with Gasteiger partial charge in [0.05, 0.1) is 12.5 Å². The third-order valence-corrected chi connectivity index (χ3v) is 5.27. The average molecular weight is 294 g/mol. The lowest BCUT2D eigenvalue weighted by Gasteiger charge is -2.27. The number of imide groups is 1. The molecule has 21 heavy (non-hydrogen) atoms. The normalized spacial score (nSPS) is 31.0. The van der Waals surface area contributed by atoms with Crippen LogP contribution in [0.4, 0.5) is 0 Å². The number of carbonyl (C=O) groups excluding carboxylic acids is 2. The number of carbonyl (C=O) groups is 2. The fraction of sp³-hybridized carbons (Fsp3) is 0.882. The summed E-state index contributed by atoms with van der Waals surface area (Å²) in [7, 11) is 0. The molecule has 4 nitrogen and oxygen atoms in total. The highest BCUT2D eigenvalue weighted by Gasteiger charge is 2.42. The van der Waals surface area contributed by atoms with Crippen LogP contribution in [0.15, 0.2) is 0 Å². The molecule has 120 valence electrons. The second-order valence-electron chi connectivity index (χ2n) is 6.72. The monoisotopic (exact) mass is 294 g/mol. The molecule has 1 saturated carbocycles. The van der Waals surface area contributed by atoms with Gasteiger partial charge < -0.3 is 5.32 Å². The van der Waals surface area contributed by atoms with Crippen molar-refractivity contribution in [1.82, 2.24) is 10.2 Å². The molecule has 1 aliphatic carbocycles. The Morgan fingerprint density at radius 3 is 2.48 bits per heavy atom. The highest BCUT2D eigenvalue weighted by molar-refractivity contribution is 6.05. The summed E-state index contributed by atoms with van der Waals surface area (Å²) in [4.78, 5) is 26.3. The van der Waals surface area contributed by atoms with Gasteiger partial charge in [-0.05, 0) is 31.6 Å². The summed E-state index contributed by atoms with van der Waals surface area (Å²) in [6, 6.07) is 0.169. The van der Waals surface area contributed by atoms with Crippen LogP contribution >= 0.6 is 0 Å². The lowest BCUT2D eigenvalue weighted by Crippen LogP contribution is -2.47. The van der Waals surface area contributed by atoms with Crippen LogP contribution in [-0.2, 0) is 9.59 Å². The number of hydrogen-bond donors (Lipinski definition) is 1. The van der Waals surface area contributed by atoms with Crippen LogP contribution in [0.1, 0.15) is 72.1 Å². The van der Waals surface area contributed by atoms with Gasteiger partial charge in [-0.3, -0.25) is 14.5 Å². The van der Waals surface area contributed by atoms with Crippen molar-refractivity contribution in [1.29, 1.82) is 0 Å². The Kier molecular flexibility index (Phi) is 5.80. The number of nitrogens with zero attached hydrogens (tertiary/aromatic N) is 1.